The molecule has 0 aliphatic carbocycles. The molecule has 0 saturated carbocycles. The number of methoxy groups -OCH3 is 1. The van der Waals surface area contributed by atoms with Crippen LogP contribution in [0.2, 0.25) is 0 Å². The first-order valence-electron chi connectivity index (χ1n) is 13.6. The molecule has 8 nitrogen and oxygen atoms in total. The Bertz CT molecular complexity index is 1510. The van der Waals surface area contributed by atoms with E-state index in [0.29, 0.717) is 46.8 Å². The number of nitrogens with zero attached hydrogens (tertiary/aromatic N) is 2. The zero-order valence-electron chi connectivity index (χ0n) is 23.8. The van der Waals surface area contributed by atoms with Crippen molar-refractivity contribution in [3.05, 3.63) is 113 Å². The quantitative estimate of drug-likeness (QED) is 0.191. The number of imidazole rings is 1. The van der Waals surface area contributed by atoms with E-state index in [1.165, 1.54) is 31.4 Å². The first kappa shape index (κ1) is 31.9. The van der Waals surface area contributed by atoms with Crippen LogP contribution >= 0.6 is 11.8 Å². The van der Waals surface area contributed by atoms with E-state index in [9.17, 15) is 23.5 Å². The Labute approximate surface area is 253 Å². The highest BCUT2D eigenvalue weighted by Crippen LogP contribution is 2.33. The van der Waals surface area contributed by atoms with Crippen molar-refractivity contribution < 1.29 is 33.0 Å². The van der Waals surface area contributed by atoms with Gasteiger partial charge in [0.2, 0.25) is 0 Å². The summed E-state index contributed by atoms with van der Waals surface area (Å²) in [6.45, 7) is 0.423. The summed E-state index contributed by atoms with van der Waals surface area (Å²) >= 11 is 1.54. The van der Waals surface area contributed by atoms with Gasteiger partial charge >= 0.3 is 5.97 Å². The van der Waals surface area contributed by atoms with Gasteiger partial charge in [0.25, 0.3) is 5.91 Å². The van der Waals surface area contributed by atoms with Gasteiger partial charge in [0, 0.05) is 24.5 Å². The molecule has 4 aromatic rings. The molecule has 11 heteroatoms. The van der Waals surface area contributed by atoms with Crippen molar-refractivity contribution in [3.63, 3.8) is 0 Å². The normalized spacial score (nSPS) is 12.5. The number of rotatable bonds is 14. The zero-order chi connectivity index (χ0) is 30.8. The summed E-state index contributed by atoms with van der Waals surface area (Å²) in [5.41, 5.74) is 2.70. The van der Waals surface area contributed by atoms with Crippen molar-refractivity contribution in [2.24, 2.45) is 0 Å². The molecule has 0 spiro atoms. The monoisotopic (exact) mass is 609 g/mol. The van der Waals surface area contributed by atoms with Crippen LogP contribution in [0.1, 0.15) is 39.8 Å². The minimum Gasteiger partial charge on any atom is -0.467 e. The van der Waals surface area contributed by atoms with Gasteiger partial charge in [-0.2, -0.15) is 11.8 Å². The fourth-order valence-corrected chi connectivity index (χ4v) is 5.11. The molecular formula is C32H33F2N3O5S. The highest BCUT2D eigenvalue weighted by Gasteiger charge is 2.25. The lowest BCUT2D eigenvalue weighted by atomic mass is 9.92. The Balaban J connectivity index is 1.71. The maximum Gasteiger partial charge on any atom is 0.328 e. The number of halogens is 2. The van der Waals surface area contributed by atoms with Crippen molar-refractivity contribution in [2.75, 3.05) is 25.7 Å². The van der Waals surface area contributed by atoms with Gasteiger partial charge in [-0.1, -0.05) is 30.3 Å². The Morgan fingerprint density at radius 1 is 1.02 bits per heavy atom. The van der Waals surface area contributed by atoms with Gasteiger partial charge in [0.15, 0.2) is 0 Å². The van der Waals surface area contributed by atoms with Crippen LogP contribution in [0.4, 0.5) is 8.78 Å². The predicted molar refractivity (Wildman–Crippen MR) is 160 cm³/mol. The number of nitrogens with one attached hydrogen (secondary N) is 1. The molecule has 43 heavy (non-hydrogen) atoms. The molecule has 226 valence electrons. The van der Waals surface area contributed by atoms with E-state index in [0.717, 1.165) is 0 Å². The molecule has 1 unspecified atom stereocenters. The third-order valence-corrected chi connectivity index (χ3v) is 7.52. The molecule has 0 radical (unpaired) electrons. The highest BCUT2D eigenvalue weighted by molar-refractivity contribution is 7.98. The molecule has 1 heterocycles. The molecule has 0 aliphatic heterocycles. The number of aliphatic hydroxyl groups excluding tert-OH is 1. The van der Waals surface area contributed by atoms with E-state index in [4.69, 9.17) is 9.47 Å². The number of hydrogen-bond donors (Lipinski definition) is 2. The first-order valence-corrected chi connectivity index (χ1v) is 15.0. The lowest BCUT2D eigenvalue weighted by molar-refractivity contribution is -0.142. The van der Waals surface area contributed by atoms with Crippen molar-refractivity contribution in [3.8, 4) is 11.1 Å². The van der Waals surface area contributed by atoms with Gasteiger partial charge in [0.05, 0.1) is 13.7 Å². The van der Waals surface area contributed by atoms with Crippen LogP contribution in [0.3, 0.4) is 0 Å². The number of benzene rings is 3. The van der Waals surface area contributed by atoms with Gasteiger partial charge in [-0.3, -0.25) is 4.79 Å². The van der Waals surface area contributed by atoms with Crippen LogP contribution in [0.5, 0.6) is 0 Å². The summed E-state index contributed by atoms with van der Waals surface area (Å²) in [7, 11) is 1.27. The average molecular weight is 610 g/mol. The second kappa shape index (κ2) is 15.4. The minimum atomic E-state index is -0.840. The number of carbonyl (C=O) groups is 2. The molecule has 2 N–H and O–H groups in total. The van der Waals surface area contributed by atoms with Crippen LogP contribution in [0.25, 0.3) is 11.1 Å². The summed E-state index contributed by atoms with van der Waals surface area (Å²) < 4.78 is 40.6. The summed E-state index contributed by atoms with van der Waals surface area (Å²) in [6, 6.07) is 16.0. The molecule has 1 amide bonds. The molecule has 2 atom stereocenters. The average Bonchev–Trinajstić information content (AvgIpc) is 3.49. The minimum absolute atomic E-state index is 0.215. The van der Waals surface area contributed by atoms with E-state index in [1.807, 2.05) is 6.26 Å². The van der Waals surface area contributed by atoms with Crippen LogP contribution in [0, 0.1) is 11.6 Å². The SMILES string of the molecule is COC(=O)[C@H](CCSC)NC(=O)c1ccc(C(OCCn2ccnc2CO)c2ccc(F)cc2)cc1-c1ccc(F)cc1. The standard InChI is InChI=1S/C32H33F2N3O5S/c1-41-32(40)28(13-18-43-2)36-31(39)26-12-7-23(19-27(26)21-3-8-24(33)9-4-21)30(22-5-10-25(34)11-6-22)42-17-16-37-15-14-35-29(37)20-38/h3-12,14-15,19,28,30,38H,13,16-18,20H2,1-2H3,(H,36,39)/t28-,30?/m0/s1. The molecule has 0 aliphatic rings. The van der Waals surface area contributed by atoms with Crippen molar-refractivity contribution in [1.29, 1.82) is 0 Å². The number of carbonyl (C=O) groups excluding carboxylic acids is 2. The third-order valence-electron chi connectivity index (χ3n) is 6.88. The maximum absolute atomic E-state index is 13.8. The largest absolute Gasteiger partial charge is 0.467 e. The highest BCUT2D eigenvalue weighted by atomic mass is 32.2. The van der Waals surface area contributed by atoms with Crippen LogP contribution < -0.4 is 5.32 Å². The van der Waals surface area contributed by atoms with Crippen molar-refractivity contribution >= 4 is 23.6 Å². The number of hydrogen-bond acceptors (Lipinski definition) is 7. The van der Waals surface area contributed by atoms with Gasteiger partial charge in [0.1, 0.15) is 36.2 Å². The van der Waals surface area contributed by atoms with Crippen LogP contribution in [0.15, 0.2) is 79.1 Å². The van der Waals surface area contributed by atoms with E-state index in [1.54, 1.807) is 71.2 Å². The number of esters is 1. The second-order valence-electron chi connectivity index (χ2n) is 9.64. The number of aromatic nitrogens is 2. The Morgan fingerprint density at radius 3 is 2.35 bits per heavy atom. The van der Waals surface area contributed by atoms with Crippen molar-refractivity contribution in [2.45, 2.75) is 31.7 Å². The fourth-order valence-electron chi connectivity index (χ4n) is 4.64. The molecule has 0 saturated heterocycles. The molecular weight excluding hydrogens is 576 g/mol. The van der Waals surface area contributed by atoms with E-state index >= 15 is 0 Å². The Morgan fingerprint density at radius 2 is 1.70 bits per heavy atom. The first-order chi connectivity index (χ1) is 20.8. The molecule has 3 aromatic carbocycles. The molecule has 4 rings (SSSR count). The van der Waals surface area contributed by atoms with Crippen molar-refractivity contribution in [1.82, 2.24) is 14.9 Å². The van der Waals surface area contributed by atoms with E-state index in [2.05, 4.69) is 10.3 Å². The summed E-state index contributed by atoms with van der Waals surface area (Å²) in [6.07, 6.45) is 4.97. The summed E-state index contributed by atoms with van der Waals surface area (Å²) in [5.74, 6) is -0.720. The third kappa shape index (κ3) is 8.28. The Kier molecular flexibility index (Phi) is 11.4. The topological polar surface area (TPSA) is 103 Å². The zero-order valence-corrected chi connectivity index (χ0v) is 24.7. The molecule has 0 bridgehead atoms. The van der Waals surface area contributed by atoms with Crippen LogP contribution in [-0.2, 0) is 27.4 Å². The van der Waals surface area contributed by atoms with Gasteiger partial charge in [-0.05, 0) is 77.1 Å². The maximum atomic E-state index is 13.8. The fraction of sp³-hybridized carbons (Fsp3) is 0.281. The van der Waals surface area contributed by atoms with E-state index in [-0.39, 0.29) is 18.8 Å². The summed E-state index contributed by atoms with van der Waals surface area (Å²) in [5, 5.41) is 12.3. The van der Waals surface area contributed by atoms with Gasteiger partial charge in [-0.15, -0.1) is 0 Å². The van der Waals surface area contributed by atoms with Gasteiger partial charge < -0.3 is 24.5 Å². The predicted octanol–water partition coefficient (Wildman–Crippen LogP) is 5.15. The van der Waals surface area contributed by atoms with E-state index < -0.39 is 35.7 Å². The Hall–Kier alpha value is -4.06. The molecule has 0 fully saturated rings. The van der Waals surface area contributed by atoms with Gasteiger partial charge in [-0.25, -0.2) is 18.6 Å². The number of amides is 1. The second-order valence-corrected chi connectivity index (χ2v) is 10.6. The molecule has 1 aromatic heterocycles. The summed E-state index contributed by atoms with van der Waals surface area (Å²) in [4.78, 5) is 30.0. The lowest BCUT2D eigenvalue weighted by Gasteiger charge is -2.22. The number of ether oxygens (including phenoxy) is 2. The number of aliphatic hydroxyl groups is 1. The smallest absolute Gasteiger partial charge is 0.328 e. The number of thioether (sulfide) groups is 1. The van der Waals surface area contributed by atoms with Crippen LogP contribution in [-0.4, -0.2) is 58.3 Å². The lowest BCUT2D eigenvalue weighted by Crippen LogP contribution is -2.42.